The van der Waals surface area contributed by atoms with Gasteiger partial charge in [0.1, 0.15) is 0 Å². The molecule has 7 aromatic carbocycles. The highest BCUT2D eigenvalue weighted by molar-refractivity contribution is 5.89. The molecule has 0 saturated carbocycles. The molecule has 2 aromatic heterocycles. The van der Waals surface area contributed by atoms with E-state index in [9.17, 15) is 0 Å². The minimum absolute atomic E-state index is 0.0637. The Morgan fingerprint density at radius 3 is 1.50 bits per heavy atom. The maximum absolute atomic E-state index is 5.00. The van der Waals surface area contributed by atoms with E-state index in [4.69, 9.17) is 9.97 Å². The Balaban J connectivity index is 1.01. The molecular formula is C64H60N2. The van der Waals surface area contributed by atoms with Crippen LogP contribution in [-0.2, 0) is 10.8 Å². The standard InChI is InChI=1S/C64H60N2/c1-41-37-59(66-40-57(41)52-22-18-21-51(38-52)46-19-12-11-13-20-46)49-33-29-48(30-34-49)55-24-16-17-26-58(55)64(9,10)62-44(4)42(2)61(43(3)45(62)5)56-25-15-14-23-54(56)47-27-31-50(32-28-47)60-39-53(35-36-65-60)63(6,7)8/h11-40H,1-10H3. The number of hydrogen-bond acceptors (Lipinski definition) is 2. The van der Waals surface area contributed by atoms with Crippen molar-refractivity contribution < 1.29 is 0 Å². The molecule has 326 valence electrons. The van der Waals surface area contributed by atoms with Crippen molar-refractivity contribution in [1.29, 1.82) is 0 Å². The molecule has 0 atom stereocenters. The number of nitrogens with zero attached hydrogens (tertiary/aromatic N) is 2. The molecule has 0 saturated heterocycles. The van der Waals surface area contributed by atoms with Crippen molar-refractivity contribution in [3.8, 4) is 78.1 Å². The number of benzene rings is 7. The van der Waals surface area contributed by atoms with Crippen LogP contribution in [0.5, 0.6) is 0 Å². The molecule has 0 amide bonds. The summed E-state index contributed by atoms with van der Waals surface area (Å²) in [6.07, 6.45) is 3.96. The van der Waals surface area contributed by atoms with Gasteiger partial charge < -0.3 is 0 Å². The van der Waals surface area contributed by atoms with Gasteiger partial charge >= 0.3 is 0 Å². The van der Waals surface area contributed by atoms with Gasteiger partial charge in [0.2, 0.25) is 0 Å². The third kappa shape index (κ3) is 8.33. The summed E-state index contributed by atoms with van der Waals surface area (Å²) in [6, 6.07) is 61.7. The zero-order chi connectivity index (χ0) is 46.3. The highest BCUT2D eigenvalue weighted by atomic mass is 14.7. The Morgan fingerprint density at radius 2 is 0.879 bits per heavy atom. The van der Waals surface area contributed by atoms with E-state index in [-0.39, 0.29) is 10.8 Å². The number of hydrogen-bond donors (Lipinski definition) is 0. The largest absolute Gasteiger partial charge is 0.256 e. The second kappa shape index (κ2) is 17.7. The van der Waals surface area contributed by atoms with E-state index >= 15 is 0 Å². The first-order valence-corrected chi connectivity index (χ1v) is 23.3. The average molecular weight is 857 g/mol. The molecule has 9 rings (SSSR count). The second-order valence-electron chi connectivity index (χ2n) is 19.6. The molecular weight excluding hydrogens is 797 g/mol. The summed E-state index contributed by atoms with van der Waals surface area (Å²) >= 11 is 0. The van der Waals surface area contributed by atoms with Crippen molar-refractivity contribution in [2.45, 2.75) is 80.1 Å². The number of aromatic nitrogens is 2. The molecule has 0 aliphatic carbocycles. The van der Waals surface area contributed by atoms with Crippen molar-refractivity contribution >= 4 is 0 Å². The summed E-state index contributed by atoms with van der Waals surface area (Å²) < 4.78 is 0. The van der Waals surface area contributed by atoms with Crippen molar-refractivity contribution in [2.75, 3.05) is 0 Å². The molecule has 0 bridgehead atoms. The van der Waals surface area contributed by atoms with Crippen LogP contribution >= 0.6 is 0 Å². The number of aryl methyl sites for hydroxylation is 1. The summed E-state index contributed by atoms with van der Waals surface area (Å²) in [7, 11) is 0. The zero-order valence-electron chi connectivity index (χ0n) is 40.2. The average Bonchev–Trinajstić information content (AvgIpc) is 3.34. The van der Waals surface area contributed by atoms with E-state index in [0.717, 1.165) is 28.1 Å². The fraction of sp³-hybridized carbons (Fsp3) is 0.188. The first-order chi connectivity index (χ1) is 31.7. The van der Waals surface area contributed by atoms with Crippen molar-refractivity contribution in [3.63, 3.8) is 0 Å². The van der Waals surface area contributed by atoms with Crippen LogP contribution in [-0.4, -0.2) is 9.97 Å². The van der Waals surface area contributed by atoms with Crippen LogP contribution in [0.3, 0.4) is 0 Å². The predicted octanol–water partition coefficient (Wildman–Crippen LogP) is 17.3. The van der Waals surface area contributed by atoms with Gasteiger partial charge in [-0.1, -0.05) is 180 Å². The van der Waals surface area contributed by atoms with Crippen molar-refractivity contribution in [2.24, 2.45) is 0 Å². The van der Waals surface area contributed by atoms with Crippen LogP contribution in [0.15, 0.2) is 182 Å². The molecule has 0 aliphatic heterocycles. The fourth-order valence-electron chi connectivity index (χ4n) is 10.2. The molecule has 9 aromatic rings. The van der Waals surface area contributed by atoms with Crippen molar-refractivity contribution in [1.82, 2.24) is 9.97 Å². The molecule has 2 heterocycles. The van der Waals surface area contributed by atoms with E-state index in [1.165, 1.54) is 94.6 Å². The summed E-state index contributed by atoms with van der Waals surface area (Å²) in [5, 5.41) is 0. The van der Waals surface area contributed by atoms with Gasteiger partial charge in [0, 0.05) is 34.5 Å². The van der Waals surface area contributed by atoms with Gasteiger partial charge in [-0.2, -0.15) is 0 Å². The van der Waals surface area contributed by atoms with E-state index in [1.807, 2.05) is 12.4 Å². The molecule has 2 heteroatoms. The highest BCUT2D eigenvalue weighted by Gasteiger charge is 2.32. The maximum atomic E-state index is 5.00. The topological polar surface area (TPSA) is 25.8 Å². The molecule has 0 radical (unpaired) electrons. The van der Waals surface area contributed by atoms with Gasteiger partial charge in [0.25, 0.3) is 0 Å². The van der Waals surface area contributed by atoms with Gasteiger partial charge in [-0.25, -0.2) is 0 Å². The number of rotatable bonds is 9. The smallest absolute Gasteiger partial charge is 0.0705 e. The monoisotopic (exact) mass is 856 g/mol. The summed E-state index contributed by atoms with van der Waals surface area (Å²) in [5.74, 6) is 0. The first-order valence-electron chi connectivity index (χ1n) is 23.3. The van der Waals surface area contributed by atoms with Crippen LogP contribution in [0.25, 0.3) is 78.1 Å². The van der Waals surface area contributed by atoms with Gasteiger partial charge in [-0.3, -0.25) is 9.97 Å². The quantitative estimate of drug-likeness (QED) is 0.145. The Hall–Kier alpha value is -7.16. The van der Waals surface area contributed by atoms with Gasteiger partial charge in [0.15, 0.2) is 0 Å². The molecule has 0 spiro atoms. The van der Waals surface area contributed by atoms with Gasteiger partial charge in [-0.05, 0) is 159 Å². The normalized spacial score (nSPS) is 11.8. The van der Waals surface area contributed by atoms with E-state index in [1.54, 1.807) is 0 Å². The first kappa shape index (κ1) is 44.1. The minimum atomic E-state index is -0.280. The summed E-state index contributed by atoms with van der Waals surface area (Å²) in [5.41, 5.74) is 26.8. The van der Waals surface area contributed by atoms with Gasteiger partial charge in [-0.15, -0.1) is 0 Å². The molecule has 0 N–H and O–H groups in total. The van der Waals surface area contributed by atoms with E-state index in [0.29, 0.717) is 0 Å². The van der Waals surface area contributed by atoms with E-state index in [2.05, 4.69) is 239 Å². The van der Waals surface area contributed by atoms with Crippen LogP contribution in [0.2, 0.25) is 0 Å². The number of pyridine rings is 2. The zero-order valence-corrected chi connectivity index (χ0v) is 40.2. The van der Waals surface area contributed by atoms with Crippen LogP contribution < -0.4 is 0 Å². The molecule has 0 aliphatic rings. The maximum Gasteiger partial charge on any atom is 0.0705 e. The summed E-state index contributed by atoms with van der Waals surface area (Å²) in [6.45, 7) is 23.0. The summed E-state index contributed by atoms with van der Waals surface area (Å²) in [4.78, 5) is 9.74. The van der Waals surface area contributed by atoms with Crippen LogP contribution in [0.1, 0.15) is 79.1 Å². The van der Waals surface area contributed by atoms with E-state index < -0.39 is 0 Å². The molecule has 2 nitrogen and oxygen atoms in total. The predicted molar refractivity (Wildman–Crippen MR) is 281 cm³/mol. The Kier molecular flexibility index (Phi) is 11.8. The van der Waals surface area contributed by atoms with Crippen molar-refractivity contribution in [3.05, 3.63) is 227 Å². The molecule has 66 heavy (non-hydrogen) atoms. The van der Waals surface area contributed by atoms with Gasteiger partial charge in [0.05, 0.1) is 11.4 Å². The molecule has 0 unspecified atom stereocenters. The molecule has 0 fully saturated rings. The fourth-order valence-corrected chi connectivity index (χ4v) is 10.2. The third-order valence-electron chi connectivity index (χ3n) is 14.0. The lowest BCUT2D eigenvalue weighted by Crippen LogP contribution is -2.24. The Labute approximate surface area is 393 Å². The van der Waals surface area contributed by atoms with Crippen LogP contribution in [0, 0.1) is 34.6 Å². The Morgan fingerprint density at radius 1 is 0.364 bits per heavy atom. The van der Waals surface area contributed by atoms with Crippen LogP contribution in [0.4, 0.5) is 0 Å². The SMILES string of the molecule is Cc1cc(-c2ccc(-c3ccccc3C(C)(C)c3c(C)c(C)c(-c4ccccc4-c4ccc(-c5cc(C(C)(C)C)ccn5)cc4)c(C)c3C)cc2)ncc1-c1cccc(-c2ccccc2)c1. The lowest BCUT2D eigenvalue weighted by Gasteiger charge is -2.34. The lowest BCUT2D eigenvalue weighted by atomic mass is 9.69. The third-order valence-corrected chi connectivity index (χ3v) is 14.0. The Bertz CT molecular complexity index is 3190. The minimum Gasteiger partial charge on any atom is -0.256 e. The second-order valence-corrected chi connectivity index (χ2v) is 19.6. The lowest BCUT2D eigenvalue weighted by molar-refractivity contribution is 0.589. The highest BCUT2D eigenvalue weighted by Crippen LogP contribution is 2.47.